The highest BCUT2D eigenvalue weighted by Gasteiger charge is 2.45. The fourth-order valence-electron chi connectivity index (χ4n) is 4.39. The molecule has 1 aromatic heterocycles. The summed E-state index contributed by atoms with van der Waals surface area (Å²) in [5, 5.41) is 71.4. The summed E-state index contributed by atoms with van der Waals surface area (Å²) >= 11 is 0. The normalized spacial score (nSPS) is 22.6. The Morgan fingerprint density at radius 2 is 1.43 bits per heavy atom. The lowest BCUT2D eigenvalue weighted by molar-refractivity contribution is -0.277. The molecular weight excluding hydrogens is 540 g/mol. The number of aliphatic hydroxyl groups is 4. The molecule has 1 aliphatic heterocycles. The molecule has 1 fully saturated rings. The molecule has 0 radical (unpaired) electrons. The molecule has 15 heteroatoms. The maximum atomic E-state index is 13.4. The van der Waals surface area contributed by atoms with Crippen molar-refractivity contribution in [3.63, 3.8) is 0 Å². The lowest BCUT2D eigenvalue weighted by Crippen LogP contribution is -2.60. The highest BCUT2D eigenvalue weighted by Crippen LogP contribution is 2.51. The van der Waals surface area contributed by atoms with Gasteiger partial charge in [0.25, 0.3) is 0 Å². The van der Waals surface area contributed by atoms with Crippen molar-refractivity contribution in [2.24, 2.45) is 0 Å². The largest absolute Gasteiger partial charge is 0.504 e. The summed E-state index contributed by atoms with van der Waals surface area (Å²) in [6.07, 6.45) is -8.10. The zero-order valence-corrected chi connectivity index (χ0v) is 21.6. The molecule has 15 nitrogen and oxygen atoms in total. The van der Waals surface area contributed by atoms with E-state index in [4.69, 9.17) is 32.8 Å². The van der Waals surface area contributed by atoms with Crippen molar-refractivity contribution in [2.75, 3.05) is 35.0 Å². The van der Waals surface area contributed by atoms with Crippen molar-refractivity contribution in [3.8, 4) is 57.3 Å². The Balaban J connectivity index is 1.93. The lowest BCUT2D eigenvalue weighted by Gasteiger charge is -2.39. The van der Waals surface area contributed by atoms with Crippen molar-refractivity contribution in [3.05, 3.63) is 22.4 Å². The fraction of sp³-hybridized carbons (Fsp3) is 0.400. The van der Waals surface area contributed by atoms with Gasteiger partial charge in [-0.25, -0.2) is 0 Å². The molecule has 4 rings (SSSR count). The number of rotatable bonds is 8. The number of methoxy groups -OCH3 is 4. The second-order valence-corrected chi connectivity index (χ2v) is 8.60. The Morgan fingerprint density at radius 1 is 0.800 bits per heavy atom. The molecule has 0 spiro atoms. The first-order valence-corrected chi connectivity index (χ1v) is 11.6. The number of benzene rings is 2. The Labute approximate surface area is 225 Å². The zero-order chi connectivity index (χ0) is 29.5. The summed E-state index contributed by atoms with van der Waals surface area (Å²) in [7, 11) is 4.70. The van der Waals surface area contributed by atoms with Crippen LogP contribution in [0.4, 0.5) is 0 Å². The average molecular weight is 568 g/mol. The van der Waals surface area contributed by atoms with Crippen LogP contribution >= 0.6 is 0 Å². The SMILES string of the molecule is COc1c(O)cc(-c2oc3c(OC)c(O)c(OC)c(O)c3c(=O)c2OC)cc1OC1OC(CO)C(O)C(O)C1O. The van der Waals surface area contributed by atoms with Gasteiger partial charge in [-0.15, -0.1) is 0 Å². The molecule has 3 aromatic rings. The summed E-state index contributed by atoms with van der Waals surface area (Å²) < 4.78 is 37.5. The first-order chi connectivity index (χ1) is 19.0. The summed E-state index contributed by atoms with van der Waals surface area (Å²) in [6.45, 7) is -0.709. The number of fused-ring (bicyclic) bond motifs is 1. The van der Waals surface area contributed by atoms with Crippen molar-refractivity contribution < 1.29 is 68.6 Å². The first kappa shape index (κ1) is 28.8. The van der Waals surface area contributed by atoms with E-state index < -0.39 is 76.9 Å². The van der Waals surface area contributed by atoms with E-state index in [1.54, 1.807) is 0 Å². The molecule has 7 N–H and O–H groups in total. The van der Waals surface area contributed by atoms with Crippen molar-refractivity contribution in [1.29, 1.82) is 0 Å². The number of aliphatic hydroxyl groups excluding tert-OH is 4. The fourth-order valence-corrected chi connectivity index (χ4v) is 4.39. The van der Waals surface area contributed by atoms with Crippen molar-refractivity contribution >= 4 is 11.0 Å². The minimum absolute atomic E-state index is 0.0504. The van der Waals surface area contributed by atoms with Crippen LogP contribution in [0.1, 0.15) is 0 Å². The van der Waals surface area contributed by atoms with E-state index in [1.807, 2.05) is 0 Å². The third-order valence-electron chi connectivity index (χ3n) is 6.36. The van der Waals surface area contributed by atoms with E-state index >= 15 is 0 Å². The van der Waals surface area contributed by atoms with E-state index in [9.17, 15) is 40.5 Å². The van der Waals surface area contributed by atoms with Gasteiger partial charge < -0.3 is 68.6 Å². The highest BCUT2D eigenvalue weighted by atomic mass is 16.7. The second-order valence-electron chi connectivity index (χ2n) is 8.60. The Kier molecular flexibility index (Phi) is 8.04. The molecule has 1 saturated heterocycles. The minimum atomic E-state index is -1.79. The van der Waals surface area contributed by atoms with Gasteiger partial charge in [-0.3, -0.25) is 4.79 Å². The van der Waals surface area contributed by atoms with Crippen LogP contribution in [-0.2, 0) is 4.74 Å². The number of phenolic OH excluding ortho intramolecular Hbond substituents is 3. The molecular formula is C25H28O15. The molecule has 40 heavy (non-hydrogen) atoms. The van der Waals surface area contributed by atoms with Crippen LogP contribution in [0, 0.1) is 0 Å². The summed E-state index contributed by atoms with van der Waals surface area (Å²) in [5.74, 6) is -3.97. The van der Waals surface area contributed by atoms with Gasteiger partial charge in [-0.1, -0.05) is 0 Å². The van der Waals surface area contributed by atoms with Gasteiger partial charge in [0.1, 0.15) is 29.8 Å². The molecule has 0 saturated carbocycles. The topological polar surface area (TPSA) is 227 Å². The second kappa shape index (κ2) is 11.1. The molecule has 218 valence electrons. The predicted octanol–water partition coefficient (Wildman–Crippen LogP) is -0.210. The minimum Gasteiger partial charge on any atom is -0.504 e. The van der Waals surface area contributed by atoms with Crippen molar-refractivity contribution in [2.45, 2.75) is 30.7 Å². The molecule has 0 aliphatic carbocycles. The van der Waals surface area contributed by atoms with Crippen LogP contribution in [-0.4, -0.2) is 101 Å². The number of aromatic hydroxyl groups is 3. The molecule has 5 atom stereocenters. The number of hydrogen-bond donors (Lipinski definition) is 7. The smallest absolute Gasteiger partial charge is 0.239 e. The van der Waals surface area contributed by atoms with Crippen LogP contribution < -0.4 is 29.1 Å². The van der Waals surface area contributed by atoms with Gasteiger partial charge in [0, 0.05) is 5.56 Å². The van der Waals surface area contributed by atoms with E-state index in [2.05, 4.69) is 0 Å². The standard InChI is InChI=1S/C25H28O15/c1-34-20-9(27)5-8(6-10(20)38-25-17(32)16(31)13(28)11(7-26)39-25)19-23(36-3)15(30)12-14(29)22(35-2)18(33)24(37-4)21(12)40-19/h5-6,11,13,16-17,25-29,31-33H,7H2,1-4H3. The number of hydrogen-bond acceptors (Lipinski definition) is 15. The van der Waals surface area contributed by atoms with Crippen LogP contribution in [0.25, 0.3) is 22.3 Å². The third kappa shape index (κ3) is 4.52. The van der Waals surface area contributed by atoms with Gasteiger partial charge >= 0.3 is 0 Å². The maximum Gasteiger partial charge on any atom is 0.239 e. The monoisotopic (exact) mass is 568 g/mol. The van der Waals surface area contributed by atoms with E-state index in [0.29, 0.717) is 0 Å². The van der Waals surface area contributed by atoms with E-state index in [1.165, 1.54) is 20.3 Å². The highest BCUT2D eigenvalue weighted by molar-refractivity contribution is 5.96. The number of ether oxygens (including phenoxy) is 6. The average Bonchev–Trinajstić information content (AvgIpc) is 2.93. The number of phenols is 3. The molecule has 1 aliphatic rings. The van der Waals surface area contributed by atoms with Gasteiger partial charge in [0.05, 0.1) is 35.0 Å². The van der Waals surface area contributed by atoms with E-state index in [-0.39, 0.29) is 34.2 Å². The molecule has 2 heterocycles. The quantitative estimate of drug-likeness (QED) is 0.186. The van der Waals surface area contributed by atoms with Gasteiger partial charge in [0.15, 0.2) is 28.6 Å². The zero-order valence-electron chi connectivity index (χ0n) is 21.6. The van der Waals surface area contributed by atoms with Crippen LogP contribution in [0.2, 0.25) is 0 Å². The summed E-state index contributed by atoms with van der Waals surface area (Å²) in [6, 6.07) is 2.34. The Morgan fingerprint density at radius 3 is 2.00 bits per heavy atom. The van der Waals surface area contributed by atoms with E-state index in [0.717, 1.165) is 20.3 Å². The molecule has 0 amide bonds. The van der Waals surface area contributed by atoms with Crippen molar-refractivity contribution in [1.82, 2.24) is 0 Å². The third-order valence-corrected chi connectivity index (χ3v) is 6.36. The van der Waals surface area contributed by atoms with Gasteiger partial charge in [0.2, 0.25) is 40.5 Å². The summed E-state index contributed by atoms with van der Waals surface area (Å²) in [4.78, 5) is 13.4. The van der Waals surface area contributed by atoms with Gasteiger partial charge in [-0.2, -0.15) is 0 Å². The lowest BCUT2D eigenvalue weighted by atomic mass is 9.99. The molecule has 5 unspecified atom stereocenters. The predicted molar refractivity (Wildman–Crippen MR) is 134 cm³/mol. The van der Waals surface area contributed by atoms with Crippen LogP contribution in [0.15, 0.2) is 21.3 Å². The maximum absolute atomic E-state index is 13.4. The first-order valence-electron chi connectivity index (χ1n) is 11.6. The molecule has 2 aromatic carbocycles. The Hall–Kier alpha value is -4.15. The van der Waals surface area contributed by atoms with Gasteiger partial charge in [-0.05, 0) is 12.1 Å². The summed E-state index contributed by atoms with van der Waals surface area (Å²) in [5.41, 5.74) is -1.32. The van der Waals surface area contributed by atoms with Crippen LogP contribution in [0.3, 0.4) is 0 Å². The van der Waals surface area contributed by atoms with Crippen LogP contribution in [0.5, 0.6) is 46.0 Å². The molecule has 0 bridgehead atoms. The Bertz CT molecular complexity index is 1460.